The smallest absolute Gasteiger partial charge is 0.418 e. The number of thiazole rings is 1. The number of aliphatic hydroxyl groups is 1. The minimum absolute atomic E-state index is 0.0215. The van der Waals surface area contributed by atoms with E-state index in [-0.39, 0.29) is 30.5 Å². The number of β-lactam (4-membered cyclic amide) rings is 1. The van der Waals surface area contributed by atoms with Crippen molar-refractivity contribution in [3.05, 3.63) is 35.5 Å². The fourth-order valence-electron chi connectivity index (χ4n) is 6.33. The highest BCUT2D eigenvalue weighted by molar-refractivity contribution is 7.80. The van der Waals surface area contributed by atoms with Gasteiger partial charge in [-0.1, -0.05) is 5.16 Å². The molecule has 0 radical (unpaired) electrons. The zero-order valence-corrected chi connectivity index (χ0v) is 39.2. The van der Waals surface area contributed by atoms with Crippen LogP contribution in [0.1, 0.15) is 81.9 Å². The maximum atomic E-state index is 13.9. The van der Waals surface area contributed by atoms with Crippen LogP contribution in [0.2, 0.25) is 0 Å². The molecule has 0 aliphatic carbocycles. The molecule has 0 spiro atoms. The Morgan fingerprint density at radius 2 is 1.64 bits per heavy atom. The van der Waals surface area contributed by atoms with Gasteiger partial charge in [-0.3, -0.25) is 19.5 Å². The Balaban J connectivity index is 1.37. The number of amides is 4. The number of carbonyl (C=O) groups is 5. The highest BCUT2D eigenvalue weighted by Gasteiger charge is 2.58. The molecule has 3 aromatic rings. The first-order chi connectivity index (χ1) is 29.2. The van der Waals surface area contributed by atoms with Gasteiger partial charge in [0.2, 0.25) is 5.52 Å². The molecule has 4 heterocycles. The predicted octanol–water partition coefficient (Wildman–Crippen LogP) is 2.60. The molecule has 2 aromatic heterocycles. The average molecular weight is 940 g/mol. The number of benzene rings is 1. The van der Waals surface area contributed by atoms with Gasteiger partial charge >= 0.3 is 28.6 Å². The molecule has 25 heteroatoms. The van der Waals surface area contributed by atoms with Crippen LogP contribution in [-0.2, 0) is 61.7 Å². The number of hydrogen-bond donors (Lipinski definition) is 4. The Morgan fingerprint density at radius 1 is 1.02 bits per heavy atom. The Kier molecular flexibility index (Phi) is 13.7. The van der Waals surface area contributed by atoms with Crippen LogP contribution in [0.15, 0.2) is 34.9 Å². The molecule has 5 rings (SSSR count). The van der Waals surface area contributed by atoms with Crippen LogP contribution in [0.3, 0.4) is 0 Å². The minimum Gasteiger partial charge on any atom is -0.489 e. The summed E-state index contributed by atoms with van der Waals surface area (Å²) in [7, 11) is -3.29. The number of rotatable bonds is 14. The number of hydrogen-bond acceptors (Lipinski definition) is 17. The lowest BCUT2D eigenvalue weighted by molar-refractivity contribution is -0.732. The minimum atomic E-state index is -5.10. The molecule has 1 aromatic carbocycles. The van der Waals surface area contributed by atoms with Crippen molar-refractivity contribution in [2.75, 3.05) is 25.0 Å². The van der Waals surface area contributed by atoms with Crippen LogP contribution in [0.25, 0.3) is 10.9 Å². The summed E-state index contributed by atoms with van der Waals surface area (Å²) in [5.41, 5.74) is -5.23. The molecular weight excluding hydrogens is 885 g/mol. The number of esters is 1. The van der Waals surface area contributed by atoms with E-state index < -0.39 is 92.8 Å². The fraction of sp³-hybridized carbons (Fsp3) is 0.590. The molecule has 0 bridgehead atoms. The van der Waals surface area contributed by atoms with E-state index in [0.29, 0.717) is 16.2 Å². The number of oxime groups is 1. The average Bonchev–Trinajstić information content (AvgIpc) is 3.69. The normalized spacial score (nSPS) is 18.1. The van der Waals surface area contributed by atoms with Gasteiger partial charge in [-0.15, -0.1) is 20.3 Å². The summed E-state index contributed by atoms with van der Waals surface area (Å²) >= 11 is 0.882. The predicted molar refractivity (Wildman–Crippen MR) is 226 cm³/mol. The summed E-state index contributed by atoms with van der Waals surface area (Å²) < 4.78 is 62.1. The van der Waals surface area contributed by atoms with Crippen LogP contribution in [0, 0.1) is 0 Å². The number of aromatic nitrogens is 3. The molecule has 64 heavy (non-hydrogen) atoms. The first-order valence-electron chi connectivity index (χ1n) is 19.8. The van der Waals surface area contributed by atoms with Gasteiger partial charge in [0, 0.05) is 11.4 Å². The monoisotopic (exact) mass is 939 g/mol. The second-order valence-corrected chi connectivity index (χ2v) is 20.6. The molecule has 2 aliphatic rings. The summed E-state index contributed by atoms with van der Waals surface area (Å²) in [6.07, 6.45) is -1.18. The number of aryl methyl sites for hydroxylation is 1. The zero-order chi connectivity index (χ0) is 48.0. The van der Waals surface area contributed by atoms with Crippen molar-refractivity contribution in [2.45, 2.75) is 123 Å². The number of nitrogens with zero attached hydrogens (tertiary/aromatic N) is 6. The zero-order valence-electron chi connectivity index (χ0n) is 37.6. The van der Waals surface area contributed by atoms with E-state index in [9.17, 15) is 37.5 Å². The second kappa shape index (κ2) is 17.7. The Labute approximate surface area is 373 Å². The van der Waals surface area contributed by atoms with Gasteiger partial charge in [0.25, 0.3) is 17.9 Å². The van der Waals surface area contributed by atoms with Crippen molar-refractivity contribution >= 4 is 73.5 Å². The number of fused-ring (bicyclic) bond motifs is 1. The molecule has 2 atom stereocenters. The van der Waals surface area contributed by atoms with E-state index >= 15 is 0 Å². The number of β-amino-alcohol motifs (C(OH)–C–C–N with tert-alkyl or cyclic N) is 1. The van der Waals surface area contributed by atoms with Crippen molar-refractivity contribution in [2.24, 2.45) is 12.2 Å². The molecule has 2 aliphatic heterocycles. The van der Waals surface area contributed by atoms with Gasteiger partial charge in [0.05, 0.1) is 30.2 Å². The van der Waals surface area contributed by atoms with Gasteiger partial charge in [-0.25, -0.2) is 19.4 Å². The summed E-state index contributed by atoms with van der Waals surface area (Å²) in [5.74, 6) is -2.75. The number of carbonyl (C=O) groups excluding carboxylic acids is 5. The summed E-state index contributed by atoms with van der Waals surface area (Å²) in [4.78, 5) is 76.6. The van der Waals surface area contributed by atoms with Crippen LogP contribution >= 0.6 is 11.3 Å². The van der Waals surface area contributed by atoms with E-state index in [1.807, 2.05) is 4.68 Å². The van der Waals surface area contributed by atoms with Gasteiger partial charge in [0.1, 0.15) is 53.0 Å². The molecule has 2 saturated heterocycles. The van der Waals surface area contributed by atoms with Crippen molar-refractivity contribution in [1.82, 2.24) is 24.9 Å². The highest BCUT2D eigenvalue weighted by atomic mass is 32.3. The second-order valence-electron chi connectivity index (χ2n) is 18.8. The van der Waals surface area contributed by atoms with Crippen LogP contribution in [-0.4, -0.2) is 133 Å². The first-order valence-corrected chi connectivity index (χ1v) is 22.0. The van der Waals surface area contributed by atoms with Gasteiger partial charge in [0.15, 0.2) is 17.9 Å². The molecule has 4 amide bonds. The van der Waals surface area contributed by atoms with Crippen molar-refractivity contribution in [3.63, 3.8) is 0 Å². The Bertz CT molecular complexity index is 2440. The maximum absolute atomic E-state index is 13.9. The maximum Gasteiger partial charge on any atom is 0.418 e. The number of ether oxygens (including phenoxy) is 4. The lowest BCUT2D eigenvalue weighted by atomic mass is 9.84. The lowest BCUT2D eigenvalue weighted by Gasteiger charge is -2.50. The third kappa shape index (κ3) is 12.5. The van der Waals surface area contributed by atoms with E-state index in [0.717, 1.165) is 16.9 Å². The summed E-state index contributed by atoms with van der Waals surface area (Å²) in [6, 6.07) is 3.69. The SMILES string of the molecule is C[n+]1c2ccc(OC[C@H](O/N=C(\C(=O)N[C@@H]3C(=O)N(OS(=O)(=O)O)C3(C)C)c3csc(NC(=O)OC(C)(C)C)n3)C(=O)OC(C)(C)C)cc2cn1CC1(O)CN(C(=O)OC(C)(C)C)C1. The van der Waals surface area contributed by atoms with Gasteiger partial charge in [-0.2, -0.15) is 18.2 Å². The largest absolute Gasteiger partial charge is 0.489 e. The summed E-state index contributed by atoms with van der Waals surface area (Å²) in [6.45, 7) is 17.7. The number of hydroxylamine groups is 2. The van der Waals surface area contributed by atoms with Crippen LogP contribution in [0.4, 0.5) is 14.7 Å². The van der Waals surface area contributed by atoms with E-state index in [1.165, 1.54) is 24.1 Å². The van der Waals surface area contributed by atoms with E-state index in [1.54, 1.807) is 98.4 Å². The van der Waals surface area contributed by atoms with Crippen LogP contribution in [0.5, 0.6) is 5.75 Å². The molecule has 23 nitrogen and oxygen atoms in total. The number of anilines is 1. The molecule has 0 saturated carbocycles. The van der Waals surface area contributed by atoms with E-state index in [4.69, 9.17) is 28.3 Å². The third-order valence-corrected chi connectivity index (χ3v) is 10.2. The van der Waals surface area contributed by atoms with E-state index in [2.05, 4.69) is 25.1 Å². The number of likely N-dealkylation sites (tertiary alicyclic amines) is 1. The lowest BCUT2D eigenvalue weighted by Crippen LogP contribution is -2.76. The molecular formula is C39H55N8O15S2+. The van der Waals surface area contributed by atoms with Crippen LogP contribution < -0.4 is 20.1 Å². The van der Waals surface area contributed by atoms with Crippen molar-refractivity contribution in [3.8, 4) is 5.75 Å². The van der Waals surface area contributed by atoms with Gasteiger partial charge in [-0.05, 0) is 88.3 Å². The Morgan fingerprint density at radius 3 is 2.22 bits per heavy atom. The van der Waals surface area contributed by atoms with Crippen molar-refractivity contribution in [1.29, 1.82) is 0 Å². The van der Waals surface area contributed by atoms with Crippen molar-refractivity contribution < 1.29 is 74.8 Å². The third-order valence-electron chi connectivity index (χ3n) is 9.13. The topological polar surface area (TPSA) is 280 Å². The molecule has 2 fully saturated rings. The highest BCUT2D eigenvalue weighted by Crippen LogP contribution is 2.33. The standard InChI is InChI=1S/C39H54N8O15S2/c1-35(2,3)58-31(50)26(17-57-23-13-14-25-22(15-23)16-46(44(25)12)21-39(53)19-45(20-39)34(52)60-37(7,8)9)61-43-27(24-18-63-32(40-24)42-33(51)59-36(4,5)6)29(48)41-28-30(49)47(38(28,10)11)62-64(54,55)56/h13-16,18,26,28,53H,17,19-21H2,1-12H3,(H2-,40,41,42,48,51,54,55,56)/p+1/b43-27-/t26-,28+/m0/s1. The fourth-order valence-corrected chi connectivity index (χ4v) is 7.47. The van der Waals surface area contributed by atoms with Gasteiger partial charge < -0.3 is 39.1 Å². The first kappa shape index (κ1) is 49.4. The molecule has 352 valence electrons. The molecule has 4 N–H and O–H groups in total. The Hall–Kier alpha value is -5.63. The molecule has 0 unspecified atom stereocenters. The number of nitrogens with one attached hydrogen (secondary N) is 2. The quantitative estimate of drug-likeness (QED) is 0.0344. The summed E-state index contributed by atoms with van der Waals surface area (Å²) in [5, 5.41) is 22.4.